The first-order valence-corrected chi connectivity index (χ1v) is 15.3. The first kappa shape index (κ1) is 32.3. The minimum absolute atomic E-state index is 0.0850. The quantitative estimate of drug-likeness (QED) is 0.0824. The number of esters is 2. The Balaban J connectivity index is 1.12. The highest BCUT2D eigenvalue weighted by atomic mass is 16.6. The van der Waals surface area contributed by atoms with Gasteiger partial charge in [0, 0.05) is 12.4 Å². The fourth-order valence-corrected chi connectivity index (χ4v) is 4.44. The summed E-state index contributed by atoms with van der Waals surface area (Å²) in [6, 6.07) is 16.2. The molecule has 2 N–H and O–H groups in total. The number of hydrogen-bond donors (Lipinski definition) is 2. The summed E-state index contributed by atoms with van der Waals surface area (Å²) in [6.07, 6.45) is 8.08. The van der Waals surface area contributed by atoms with Gasteiger partial charge in [-0.1, -0.05) is 52.0 Å². The fourth-order valence-electron chi connectivity index (χ4n) is 4.44. The van der Waals surface area contributed by atoms with Crippen LogP contribution in [-0.4, -0.2) is 45.1 Å². The molecule has 0 bridgehead atoms. The van der Waals surface area contributed by atoms with Gasteiger partial charge in [-0.3, -0.25) is 0 Å². The predicted molar refractivity (Wildman–Crippen MR) is 166 cm³/mol. The maximum atomic E-state index is 12.2. The van der Waals surface area contributed by atoms with E-state index in [1.54, 1.807) is 12.4 Å². The maximum absolute atomic E-state index is 12.2. The topological polar surface area (TPSA) is 128 Å². The van der Waals surface area contributed by atoms with Crippen LogP contribution in [0.4, 0.5) is 0 Å². The minimum Gasteiger partial charge on any atom is -0.494 e. The minimum atomic E-state index is -1.21. The highest BCUT2D eigenvalue weighted by Gasteiger charge is 2.22. The van der Waals surface area contributed by atoms with Gasteiger partial charge in [0.2, 0.25) is 0 Å². The van der Waals surface area contributed by atoms with Crippen molar-refractivity contribution in [2.75, 3.05) is 13.2 Å². The molecule has 0 radical (unpaired) electrons. The molecule has 0 aliphatic heterocycles. The van der Waals surface area contributed by atoms with Crippen LogP contribution in [0.25, 0.3) is 0 Å². The second kappa shape index (κ2) is 16.3. The average molecular weight is 603 g/mol. The molecule has 0 aliphatic rings. The Morgan fingerprint density at radius 1 is 0.659 bits per heavy atom. The Hall–Kier alpha value is -4.60. The molecule has 2 aromatic carbocycles. The number of aromatic nitrogens is 4. The van der Waals surface area contributed by atoms with Gasteiger partial charge in [0.1, 0.15) is 11.5 Å². The van der Waals surface area contributed by atoms with E-state index in [9.17, 15) is 9.59 Å². The molecular formula is C34H42N4O6. The van der Waals surface area contributed by atoms with Crippen molar-refractivity contribution in [3.05, 3.63) is 83.4 Å². The first-order chi connectivity index (χ1) is 21.3. The van der Waals surface area contributed by atoms with Crippen molar-refractivity contribution in [2.24, 2.45) is 0 Å². The number of imidazole rings is 2. The van der Waals surface area contributed by atoms with E-state index < -0.39 is 11.9 Å². The van der Waals surface area contributed by atoms with E-state index in [0.29, 0.717) is 62.1 Å². The number of ether oxygens (including phenoxy) is 4. The molecule has 2 atom stereocenters. The Morgan fingerprint density at radius 3 is 1.41 bits per heavy atom. The number of benzene rings is 2. The zero-order valence-electron chi connectivity index (χ0n) is 25.9. The van der Waals surface area contributed by atoms with Gasteiger partial charge in [0.15, 0.2) is 0 Å². The Morgan fingerprint density at radius 2 is 1.05 bits per heavy atom. The smallest absolute Gasteiger partial charge is 0.425 e. The number of carbonyl (C=O) groups excluding carboxylic acids is 2. The van der Waals surface area contributed by atoms with Gasteiger partial charge in [0.25, 0.3) is 0 Å². The van der Waals surface area contributed by atoms with Crippen LogP contribution in [-0.2, 0) is 22.4 Å². The predicted octanol–water partition coefficient (Wildman–Crippen LogP) is 6.69. The van der Waals surface area contributed by atoms with Gasteiger partial charge < -0.3 is 28.9 Å². The van der Waals surface area contributed by atoms with E-state index in [-0.39, 0.29) is 12.0 Å². The highest BCUT2D eigenvalue weighted by molar-refractivity contribution is 6.30. The molecule has 10 nitrogen and oxygen atoms in total. The number of nitrogens with one attached hydrogen (secondary N) is 2. The normalized spacial score (nSPS) is 12.4. The van der Waals surface area contributed by atoms with Crippen LogP contribution < -0.4 is 18.9 Å². The summed E-state index contributed by atoms with van der Waals surface area (Å²) in [6.45, 7) is 9.79. The summed E-state index contributed by atoms with van der Waals surface area (Å²) in [7, 11) is 0. The second-order valence-corrected chi connectivity index (χ2v) is 10.8. The number of rotatable bonds is 16. The number of aromatic amines is 2. The zero-order chi connectivity index (χ0) is 31.3. The third-order valence-electron chi connectivity index (χ3n) is 7.58. The van der Waals surface area contributed by atoms with Crippen LogP contribution >= 0.6 is 0 Å². The molecular weight excluding hydrogens is 560 g/mol. The summed E-state index contributed by atoms with van der Waals surface area (Å²) < 4.78 is 21.7. The maximum Gasteiger partial charge on any atom is 0.425 e. The molecule has 0 aliphatic carbocycles. The van der Waals surface area contributed by atoms with Crippen molar-refractivity contribution in [3.63, 3.8) is 0 Å². The number of aryl methyl sites for hydroxylation is 2. The van der Waals surface area contributed by atoms with Gasteiger partial charge in [-0.25, -0.2) is 19.6 Å². The van der Waals surface area contributed by atoms with E-state index in [1.807, 2.05) is 24.3 Å². The molecule has 44 heavy (non-hydrogen) atoms. The van der Waals surface area contributed by atoms with Gasteiger partial charge >= 0.3 is 24.0 Å². The first-order valence-electron chi connectivity index (χ1n) is 15.3. The monoisotopic (exact) mass is 602 g/mol. The molecule has 0 saturated carbocycles. The molecule has 2 unspecified atom stereocenters. The van der Waals surface area contributed by atoms with E-state index in [0.717, 1.165) is 24.3 Å². The molecule has 2 aromatic heterocycles. The van der Waals surface area contributed by atoms with Crippen molar-refractivity contribution in [3.8, 4) is 23.5 Å². The third kappa shape index (κ3) is 9.72. The lowest BCUT2D eigenvalue weighted by atomic mass is 9.99. The molecule has 4 aromatic rings. The molecule has 234 valence electrons. The van der Waals surface area contributed by atoms with Crippen molar-refractivity contribution in [1.82, 2.24) is 19.9 Å². The molecule has 2 heterocycles. The van der Waals surface area contributed by atoms with Crippen LogP contribution in [0.2, 0.25) is 0 Å². The SMILES string of the molecule is CCC(C)c1ccc(OCCCc2c[nH]c(OC(=O)C(=O)Oc3nc(CCCOc4ccc(C(C)CC)cc4)c[nH]3)n2)cc1. The zero-order valence-corrected chi connectivity index (χ0v) is 25.9. The fraction of sp³-hybridized carbons (Fsp3) is 0.412. The molecule has 4 rings (SSSR count). The van der Waals surface area contributed by atoms with Crippen molar-refractivity contribution >= 4 is 11.9 Å². The molecule has 0 saturated heterocycles. The highest BCUT2D eigenvalue weighted by Crippen LogP contribution is 2.23. The van der Waals surface area contributed by atoms with Crippen molar-refractivity contribution in [1.29, 1.82) is 0 Å². The largest absolute Gasteiger partial charge is 0.494 e. The Bertz CT molecular complexity index is 1350. The number of carbonyl (C=O) groups is 2. The summed E-state index contributed by atoms with van der Waals surface area (Å²) >= 11 is 0. The lowest BCUT2D eigenvalue weighted by Gasteiger charge is -2.10. The van der Waals surface area contributed by atoms with E-state index in [2.05, 4.69) is 71.9 Å². The number of nitrogens with zero attached hydrogens (tertiary/aromatic N) is 2. The summed E-state index contributed by atoms with van der Waals surface area (Å²) in [5.41, 5.74) is 3.96. The van der Waals surface area contributed by atoms with Crippen LogP contribution in [0.1, 0.15) is 87.7 Å². The molecule has 0 fully saturated rings. The van der Waals surface area contributed by atoms with Crippen LogP contribution in [0.5, 0.6) is 23.5 Å². The lowest BCUT2D eigenvalue weighted by Crippen LogP contribution is -2.26. The van der Waals surface area contributed by atoms with Gasteiger partial charge in [-0.05, 0) is 85.8 Å². The van der Waals surface area contributed by atoms with Crippen LogP contribution in [0.3, 0.4) is 0 Å². The summed E-state index contributed by atoms with van der Waals surface area (Å²) in [4.78, 5) is 38.4. The summed E-state index contributed by atoms with van der Waals surface area (Å²) in [5.74, 6) is 0.280. The molecule has 0 amide bonds. The number of H-pyrrole nitrogens is 2. The lowest BCUT2D eigenvalue weighted by molar-refractivity contribution is -0.156. The van der Waals surface area contributed by atoms with Crippen LogP contribution in [0.15, 0.2) is 60.9 Å². The van der Waals surface area contributed by atoms with Gasteiger partial charge in [-0.15, -0.1) is 0 Å². The van der Waals surface area contributed by atoms with E-state index in [1.165, 1.54) is 11.1 Å². The van der Waals surface area contributed by atoms with Crippen molar-refractivity contribution in [2.45, 2.75) is 78.1 Å². The summed E-state index contributed by atoms with van der Waals surface area (Å²) in [5, 5.41) is 0. The second-order valence-electron chi connectivity index (χ2n) is 10.8. The standard InChI is InChI=1S/C34H42N4O6/c1-5-23(3)25-11-15-29(16-12-25)41-19-7-9-27-21-35-33(37-27)43-31(39)32(40)44-34-36-22-28(38-34)10-8-20-42-30-17-13-26(14-18-30)24(4)6-2/h11-18,21-24H,5-10,19-20H2,1-4H3,(H,35,37)(H,36,38). The Kier molecular flexibility index (Phi) is 12.0. The third-order valence-corrected chi connectivity index (χ3v) is 7.58. The van der Waals surface area contributed by atoms with E-state index in [4.69, 9.17) is 18.9 Å². The molecule has 0 spiro atoms. The number of hydrogen-bond acceptors (Lipinski definition) is 8. The van der Waals surface area contributed by atoms with Crippen molar-refractivity contribution < 1.29 is 28.5 Å². The van der Waals surface area contributed by atoms with Crippen LogP contribution in [0, 0.1) is 0 Å². The van der Waals surface area contributed by atoms with Gasteiger partial charge in [-0.2, -0.15) is 0 Å². The molecule has 10 heteroatoms. The Labute approximate surface area is 258 Å². The van der Waals surface area contributed by atoms with Gasteiger partial charge in [0.05, 0.1) is 24.6 Å². The van der Waals surface area contributed by atoms with E-state index >= 15 is 0 Å². The average Bonchev–Trinajstić information content (AvgIpc) is 3.70.